The van der Waals surface area contributed by atoms with Crippen LogP contribution in [-0.2, 0) is 0 Å². The van der Waals surface area contributed by atoms with Gasteiger partial charge < -0.3 is 0 Å². The highest BCUT2D eigenvalue weighted by Crippen LogP contribution is 2.32. The van der Waals surface area contributed by atoms with Crippen LogP contribution in [0.2, 0.25) is 0 Å². The Morgan fingerprint density at radius 1 is 1.14 bits per heavy atom. The third-order valence-corrected chi connectivity index (χ3v) is 5.36. The van der Waals surface area contributed by atoms with Crippen molar-refractivity contribution in [2.75, 3.05) is 11.5 Å². The minimum atomic E-state index is 0.853. The van der Waals surface area contributed by atoms with Gasteiger partial charge in [-0.2, -0.15) is 0 Å². The topological polar surface area (TPSA) is 0 Å². The second-order valence-electron chi connectivity index (χ2n) is 3.73. The summed E-state index contributed by atoms with van der Waals surface area (Å²) in [5.41, 5.74) is 0. The van der Waals surface area contributed by atoms with Crippen molar-refractivity contribution < 1.29 is 0 Å². The van der Waals surface area contributed by atoms with Crippen LogP contribution >= 0.6 is 23.5 Å². The van der Waals surface area contributed by atoms with Crippen molar-refractivity contribution in [3.8, 4) is 0 Å². The summed E-state index contributed by atoms with van der Waals surface area (Å²) in [6.45, 7) is 2.26. The Kier molecular flexibility index (Phi) is 7.80. The molecule has 0 radical (unpaired) electrons. The summed E-state index contributed by atoms with van der Waals surface area (Å²) in [7, 11) is 0. The van der Waals surface area contributed by atoms with E-state index in [0.717, 1.165) is 4.58 Å². The van der Waals surface area contributed by atoms with E-state index in [4.69, 9.17) is 0 Å². The van der Waals surface area contributed by atoms with E-state index in [1.165, 1.54) is 50.0 Å². The van der Waals surface area contributed by atoms with Gasteiger partial charge in [0.25, 0.3) is 0 Å². The molecule has 0 bridgehead atoms. The van der Waals surface area contributed by atoms with Crippen molar-refractivity contribution in [1.29, 1.82) is 0 Å². The Morgan fingerprint density at radius 2 is 1.93 bits per heavy atom. The lowest BCUT2D eigenvalue weighted by Gasteiger charge is -2.18. The Labute approximate surface area is 97.3 Å². The Hall–Kier alpha value is 0.440. The molecule has 0 amide bonds. The van der Waals surface area contributed by atoms with Crippen LogP contribution in [-0.4, -0.2) is 16.1 Å². The van der Waals surface area contributed by atoms with Crippen LogP contribution < -0.4 is 0 Å². The van der Waals surface area contributed by atoms with Gasteiger partial charge in [-0.15, -0.1) is 23.5 Å². The van der Waals surface area contributed by atoms with E-state index in [-0.39, 0.29) is 0 Å². The molecule has 82 valence electrons. The van der Waals surface area contributed by atoms with Gasteiger partial charge in [0.2, 0.25) is 0 Å². The summed E-state index contributed by atoms with van der Waals surface area (Å²) < 4.78 is 0.853. The molecule has 2 heteroatoms. The van der Waals surface area contributed by atoms with Crippen LogP contribution in [0.5, 0.6) is 0 Å². The molecule has 0 aromatic carbocycles. The first-order valence-electron chi connectivity index (χ1n) is 5.81. The summed E-state index contributed by atoms with van der Waals surface area (Å²) in [6.07, 6.45) is 12.8. The summed E-state index contributed by atoms with van der Waals surface area (Å²) in [5.74, 6) is 2.75. The van der Waals surface area contributed by atoms with Crippen molar-refractivity contribution in [3.05, 3.63) is 12.2 Å². The van der Waals surface area contributed by atoms with Crippen LogP contribution in [0.25, 0.3) is 0 Å². The van der Waals surface area contributed by atoms with E-state index in [2.05, 4.69) is 42.6 Å². The molecule has 1 saturated heterocycles. The molecule has 1 heterocycles. The molecule has 1 fully saturated rings. The zero-order valence-electron chi connectivity index (χ0n) is 9.21. The smallest absolute Gasteiger partial charge is 0.0536 e. The lowest BCUT2D eigenvalue weighted by atomic mass is 10.2. The van der Waals surface area contributed by atoms with E-state index < -0.39 is 0 Å². The van der Waals surface area contributed by atoms with Crippen molar-refractivity contribution in [1.82, 2.24) is 0 Å². The first-order valence-corrected chi connectivity index (χ1v) is 7.91. The minimum Gasteiger partial charge on any atom is -0.147 e. The van der Waals surface area contributed by atoms with E-state index in [0.29, 0.717) is 0 Å². The molecular weight excluding hydrogens is 208 g/mol. The highest BCUT2D eigenvalue weighted by Gasteiger charge is 2.11. The van der Waals surface area contributed by atoms with E-state index in [9.17, 15) is 0 Å². The van der Waals surface area contributed by atoms with Crippen molar-refractivity contribution in [2.45, 2.75) is 50.0 Å². The lowest BCUT2D eigenvalue weighted by Crippen LogP contribution is -2.04. The lowest BCUT2D eigenvalue weighted by molar-refractivity contribution is 0.728. The summed E-state index contributed by atoms with van der Waals surface area (Å²) in [6, 6.07) is 0. The van der Waals surface area contributed by atoms with Gasteiger partial charge in [-0.05, 0) is 37.2 Å². The molecule has 0 unspecified atom stereocenters. The number of rotatable bonds is 6. The second kappa shape index (κ2) is 8.72. The van der Waals surface area contributed by atoms with Gasteiger partial charge in [0.15, 0.2) is 0 Å². The van der Waals surface area contributed by atoms with Gasteiger partial charge in [0, 0.05) is 0 Å². The Balaban J connectivity index is 1.95. The third kappa shape index (κ3) is 6.02. The van der Waals surface area contributed by atoms with Crippen LogP contribution in [0.3, 0.4) is 0 Å². The summed E-state index contributed by atoms with van der Waals surface area (Å²) in [5, 5.41) is 0. The molecule has 1 aliphatic heterocycles. The molecule has 0 nitrogen and oxygen atoms in total. The number of hydrogen-bond donors (Lipinski definition) is 0. The maximum Gasteiger partial charge on any atom is 0.0536 e. The average Bonchev–Trinajstić information content (AvgIpc) is 2.25. The van der Waals surface area contributed by atoms with E-state index in [1.807, 2.05) is 0 Å². The van der Waals surface area contributed by atoms with E-state index >= 15 is 0 Å². The van der Waals surface area contributed by atoms with Gasteiger partial charge in [0.05, 0.1) is 4.58 Å². The first kappa shape index (κ1) is 12.5. The standard InChI is InChI=1S/C12H22S2/c1-2-3-4-5-6-7-9-12-13-10-8-11-14-12/h6-7,12H,2-5,8-11H2,1H3/b7-6+. The maximum absolute atomic E-state index is 2.39. The minimum absolute atomic E-state index is 0.853. The molecular formula is C12H22S2. The molecule has 0 N–H and O–H groups in total. The highest BCUT2D eigenvalue weighted by atomic mass is 32.2. The van der Waals surface area contributed by atoms with Gasteiger partial charge in [0.1, 0.15) is 0 Å². The normalized spacial score (nSPS) is 19.2. The summed E-state index contributed by atoms with van der Waals surface area (Å²) in [4.78, 5) is 0. The number of thioether (sulfide) groups is 2. The zero-order valence-corrected chi connectivity index (χ0v) is 10.8. The summed E-state index contributed by atoms with van der Waals surface area (Å²) >= 11 is 4.29. The molecule has 0 spiro atoms. The fourth-order valence-electron chi connectivity index (χ4n) is 1.51. The monoisotopic (exact) mass is 230 g/mol. The second-order valence-corrected chi connectivity index (χ2v) is 6.65. The number of hydrogen-bond acceptors (Lipinski definition) is 2. The first-order chi connectivity index (χ1) is 6.93. The van der Waals surface area contributed by atoms with Gasteiger partial charge in [-0.3, -0.25) is 0 Å². The average molecular weight is 230 g/mol. The molecule has 0 atom stereocenters. The van der Waals surface area contributed by atoms with Crippen molar-refractivity contribution in [2.24, 2.45) is 0 Å². The molecule has 0 aromatic rings. The zero-order chi connectivity index (χ0) is 10.1. The third-order valence-electron chi connectivity index (χ3n) is 2.37. The van der Waals surface area contributed by atoms with Crippen molar-refractivity contribution in [3.63, 3.8) is 0 Å². The maximum atomic E-state index is 2.39. The Morgan fingerprint density at radius 3 is 2.64 bits per heavy atom. The largest absolute Gasteiger partial charge is 0.147 e. The number of unbranched alkanes of at least 4 members (excludes halogenated alkanes) is 3. The molecule has 0 aromatic heterocycles. The van der Waals surface area contributed by atoms with Gasteiger partial charge in [-0.25, -0.2) is 0 Å². The SMILES string of the molecule is CCCCC/C=C/CC1SCCCS1. The van der Waals surface area contributed by atoms with Crippen LogP contribution in [0, 0.1) is 0 Å². The fraction of sp³-hybridized carbons (Fsp3) is 0.833. The highest BCUT2D eigenvalue weighted by molar-refractivity contribution is 8.17. The molecule has 0 saturated carbocycles. The number of allylic oxidation sites excluding steroid dienone is 2. The predicted octanol–water partition coefficient (Wildman–Crippen LogP) is 4.71. The van der Waals surface area contributed by atoms with E-state index in [1.54, 1.807) is 0 Å². The van der Waals surface area contributed by atoms with Crippen LogP contribution in [0.15, 0.2) is 12.2 Å². The quantitative estimate of drug-likeness (QED) is 0.479. The van der Waals surface area contributed by atoms with Crippen molar-refractivity contribution >= 4 is 23.5 Å². The molecule has 0 aliphatic carbocycles. The molecule has 1 aliphatic rings. The van der Waals surface area contributed by atoms with Crippen LogP contribution in [0.4, 0.5) is 0 Å². The Bertz CT molecular complexity index is 148. The van der Waals surface area contributed by atoms with Crippen LogP contribution in [0.1, 0.15) is 45.4 Å². The molecule has 1 rings (SSSR count). The molecule has 14 heavy (non-hydrogen) atoms. The fourth-order valence-corrected chi connectivity index (χ4v) is 4.30. The predicted molar refractivity (Wildman–Crippen MR) is 71.2 cm³/mol. The van der Waals surface area contributed by atoms with Gasteiger partial charge >= 0.3 is 0 Å². The van der Waals surface area contributed by atoms with Gasteiger partial charge in [-0.1, -0.05) is 31.9 Å².